The van der Waals surface area contributed by atoms with Crippen LogP contribution in [-0.2, 0) is 13.2 Å². The molecule has 0 aliphatic rings. The highest BCUT2D eigenvalue weighted by Crippen LogP contribution is 2.37. The lowest BCUT2D eigenvalue weighted by Crippen LogP contribution is -2.04. The number of nitrogens with one attached hydrogen (secondary N) is 1. The second-order valence-electron chi connectivity index (χ2n) is 4.63. The van der Waals surface area contributed by atoms with Gasteiger partial charge in [-0.1, -0.05) is 6.07 Å². The number of benzene rings is 1. The zero-order valence-corrected chi connectivity index (χ0v) is 12.9. The highest BCUT2D eigenvalue weighted by Gasteiger charge is 2.13. The summed E-state index contributed by atoms with van der Waals surface area (Å²) in [6.45, 7) is 3.04. The van der Waals surface area contributed by atoms with E-state index in [1.165, 1.54) is 0 Å². The number of aryl methyl sites for hydroxylation is 1. The number of hydrogen-bond acceptors (Lipinski definition) is 5. The van der Waals surface area contributed by atoms with Crippen molar-refractivity contribution in [1.82, 2.24) is 5.32 Å². The van der Waals surface area contributed by atoms with Gasteiger partial charge in [-0.3, -0.25) is 0 Å². The van der Waals surface area contributed by atoms with Crippen molar-refractivity contribution in [1.29, 1.82) is 0 Å². The van der Waals surface area contributed by atoms with Crippen molar-refractivity contribution in [2.45, 2.75) is 20.1 Å². The number of furan rings is 1. The number of hydrogen-bond donors (Lipinski definition) is 1. The fourth-order valence-electron chi connectivity index (χ4n) is 2.10. The predicted octanol–water partition coefficient (Wildman–Crippen LogP) is 2.90. The van der Waals surface area contributed by atoms with E-state index < -0.39 is 0 Å². The number of methoxy groups -OCH3 is 2. The van der Waals surface area contributed by atoms with Crippen LogP contribution in [0.1, 0.15) is 17.1 Å². The molecule has 1 heterocycles. The van der Waals surface area contributed by atoms with Crippen molar-refractivity contribution in [3.63, 3.8) is 0 Å². The van der Waals surface area contributed by atoms with Gasteiger partial charge in [0.25, 0.3) is 0 Å². The average Bonchev–Trinajstić information content (AvgIpc) is 2.85. The average molecular weight is 291 g/mol. The fourth-order valence-corrected chi connectivity index (χ4v) is 2.10. The Hall–Kier alpha value is -2.14. The van der Waals surface area contributed by atoms with E-state index in [9.17, 15) is 0 Å². The molecule has 5 nitrogen and oxygen atoms in total. The summed E-state index contributed by atoms with van der Waals surface area (Å²) in [4.78, 5) is 0. The van der Waals surface area contributed by atoms with Gasteiger partial charge in [0.15, 0.2) is 11.5 Å². The van der Waals surface area contributed by atoms with Crippen LogP contribution in [0.4, 0.5) is 0 Å². The lowest BCUT2D eigenvalue weighted by molar-refractivity contribution is 0.239. The molecule has 0 saturated heterocycles. The Labute approximate surface area is 124 Å². The highest BCUT2D eigenvalue weighted by atomic mass is 16.5. The van der Waals surface area contributed by atoms with Crippen LogP contribution in [0.3, 0.4) is 0 Å². The quantitative estimate of drug-likeness (QED) is 0.850. The normalized spacial score (nSPS) is 10.5. The van der Waals surface area contributed by atoms with E-state index in [4.69, 9.17) is 18.6 Å². The summed E-state index contributed by atoms with van der Waals surface area (Å²) in [5.41, 5.74) is 1.11. The molecule has 21 heavy (non-hydrogen) atoms. The summed E-state index contributed by atoms with van der Waals surface area (Å²) in [6, 6.07) is 7.50. The summed E-state index contributed by atoms with van der Waals surface area (Å²) in [6.07, 6.45) is 0. The Morgan fingerprint density at radius 1 is 1.14 bits per heavy atom. The second kappa shape index (κ2) is 7.04. The van der Waals surface area contributed by atoms with E-state index in [2.05, 4.69) is 5.32 Å². The molecule has 0 spiro atoms. The van der Waals surface area contributed by atoms with E-state index in [-0.39, 0.29) is 0 Å². The van der Waals surface area contributed by atoms with Crippen molar-refractivity contribution >= 4 is 0 Å². The molecule has 0 radical (unpaired) electrons. The van der Waals surface area contributed by atoms with Gasteiger partial charge >= 0.3 is 0 Å². The van der Waals surface area contributed by atoms with Gasteiger partial charge in [0, 0.05) is 0 Å². The van der Waals surface area contributed by atoms with Gasteiger partial charge in [0.2, 0.25) is 5.75 Å². The smallest absolute Gasteiger partial charge is 0.203 e. The molecule has 0 fully saturated rings. The van der Waals surface area contributed by atoms with Crippen molar-refractivity contribution in [2.75, 3.05) is 21.3 Å². The van der Waals surface area contributed by atoms with E-state index in [1.807, 2.05) is 38.2 Å². The fraction of sp³-hybridized carbons (Fsp3) is 0.375. The zero-order chi connectivity index (χ0) is 15.2. The van der Waals surface area contributed by atoms with Crippen LogP contribution in [0.5, 0.6) is 17.2 Å². The largest absolute Gasteiger partial charge is 0.493 e. The first-order valence-corrected chi connectivity index (χ1v) is 6.76. The Balaban J connectivity index is 2.14. The molecule has 2 aromatic rings. The van der Waals surface area contributed by atoms with Gasteiger partial charge in [-0.25, -0.2) is 0 Å². The van der Waals surface area contributed by atoms with Crippen molar-refractivity contribution in [3.8, 4) is 17.2 Å². The monoisotopic (exact) mass is 291 g/mol. The van der Waals surface area contributed by atoms with Crippen LogP contribution in [0.2, 0.25) is 0 Å². The summed E-state index contributed by atoms with van der Waals surface area (Å²) in [5.74, 6) is 3.53. The predicted molar refractivity (Wildman–Crippen MR) is 80.1 cm³/mol. The van der Waals surface area contributed by atoms with Crippen molar-refractivity contribution < 1.29 is 18.6 Å². The molecule has 1 N–H and O–H groups in total. The SMILES string of the molecule is CNCc1oc(COc2c(OC)cccc2OC)cc1C. The summed E-state index contributed by atoms with van der Waals surface area (Å²) in [7, 11) is 5.09. The molecule has 0 saturated carbocycles. The molecule has 114 valence electrons. The first-order chi connectivity index (χ1) is 10.2. The minimum atomic E-state index is 0.321. The first kappa shape index (κ1) is 15.3. The maximum atomic E-state index is 5.82. The third kappa shape index (κ3) is 3.49. The summed E-state index contributed by atoms with van der Waals surface area (Å²) < 4.78 is 22.2. The van der Waals surface area contributed by atoms with Gasteiger partial charge in [0.05, 0.1) is 20.8 Å². The van der Waals surface area contributed by atoms with Crippen LogP contribution >= 0.6 is 0 Å². The lowest BCUT2D eigenvalue weighted by Gasteiger charge is -2.13. The Bertz CT molecular complexity index is 570. The molecule has 0 aliphatic carbocycles. The molecule has 0 bridgehead atoms. The van der Waals surface area contributed by atoms with Crippen LogP contribution in [0.25, 0.3) is 0 Å². The molecule has 1 aromatic carbocycles. The molecular formula is C16H21NO4. The minimum Gasteiger partial charge on any atom is -0.493 e. The standard InChI is InChI=1S/C16H21NO4/c1-11-8-12(21-15(11)9-17-2)10-20-16-13(18-3)6-5-7-14(16)19-4/h5-8,17H,9-10H2,1-4H3. The Morgan fingerprint density at radius 2 is 1.81 bits per heavy atom. The second-order valence-corrected chi connectivity index (χ2v) is 4.63. The summed E-state index contributed by atoms with van der Waals surface area (Å²) in [5, 5.41) is 3.07. The van der Waals surface area contributed by atoms with E-state index >= 15 is 0 Å². The van der Waals surface area contributed by atoms with E-state index in [0.29, 0.717) is 30.4 Å². The van der Waals surface area contributed by atoms with Gasteiger partial charge < -0.3 is 23.9 Å². The van der Waals surface area contributed by atoms with Gasteiger partial charge in [-0.2, -0.15) is 0 Å². The molecule has 0 aliphatic heterocycles. The minimum absolute atomic E-state index is 0.321. The van der Waals surface area contributed by atoms with Crippen molar-refractivity contribution in [2.24, 2.45) is 0 Å². The molecule has 0 unspecified atom stereocenters. The van der Waals surface area contributed by atoms with Crippen LogP contribution in [-0.4, -0.2) is 21.3 Å². The first-order valence-electron chi connectivity index (χ1n) is 6.76. The Morgan fingerprint density at radius 3 is 2.38 bits per heavy atom. The van der Waals surface area contributed by atoms with Gasteiger partial charge in [-0.05, 0) is 37.7 Å². The van der Waals surface area contributed by atoms with Crippen LogP contribution in [0, 0.1) is 6.92 Å². The van der Waals surface area contributed by atoms with Crippen LogP contribution in [0.15, 0.2) is 28.7 Å². The lowest BCUT2D eigenvalue weighted by atomic mass is 10.2. The highest BCUT2D eigenvalue weighted by molar-refractivity contribution is 5.51. The molecule has 0 amide bonds. The van der Waals surface area contributed by atoms with E-state index in [0.717, 1.165) is 17.1 Å². The molecular weight excluding hydrogens is 270 g/mol. The third-order valence-corrected chi connectivity index (χ3v) is 3.15. The number of ether oxygens (including phenoxy) is 3. The number of rotatable bonds is 7. The maximum absolute atomic E-state index is 5.82. The molecule has 1 aromatic heterocycles. The third-order valence-electron chi connectivity index (χ3n) is 3.15. The zero-order valence-electron chi connectivity index (χ0n) is 12.9. The van der Waals surface area contributed by atoms with Crippen LogP contribution < -0.4 is 19.5 Å². The molecule has 5 heteroatoms. The molecule has 2 rings (SSSR count). The Kier molecular flexibility index (Phi) is 5.11. The molecule has 0 atom stereocenters. The number of para-hydroxylation sites is 1. The van der Waals surface area contributed by atoms with Crippen molar-refractivity contribution in [3.05, 3.63) is 41.3 Å². The maximum Gasteiger partial charge on any atom is 0.203 e. The van der Waals surface area contributed by atoms with E-state index in [1.54, 1.807) is 14.2 Å². The summed E-state index contributed by atoms with van der Waals surface area (Å²) >= 11 is 0. The van der Waals surface area contributed by atoms with Gasteiger partial charge in [0.1, 0.15) is 18.1 Å². The topological polar surface area (TPSA) is 52.9 Å². The van der Waals surface area contributed by atoms with Gasteiger partial charge in [-0.15, -0.1) is 0 Å².